The SMILES string of the molecule is CC(C)C(O)CNC(=O)C1CC1C(=O)O. The molecule has 5 heteroatoms. The third-order valence-electron chi connectivity index (χ3n) is 2.70. The van der Waals surface area contributed by atoms with E-state index < -0.39 is 23.9 Å². The summed E-state index contributed by atoms with van der Waals surface area (Å²) < 4.78 is 0. The van der Waals surface area contributed by atoms with E-state index in [1.165, 1.54) is 0 Å². The van der Waals surface area contributed by atoms with Crippen molar-refractivity contribution in [2.75, 3.05) is 6.54 Å². The van der Waals surface area contributed by atoms with Gasteiger partial charge in [0.2, 0.25) is 5.91 Å². The molecule has 0 aromatic rings. The maximum Gasteiger partial charge on any atom is 0.307 e. The van der Waals surface area contributed by atoms with E-state index in [1.54, 1.807) is 0 Å². The van der Waals surface area contributed by atoms with Crippen LogP contribution < -0.4 is 5.32 Å². The summed E-state index contributed by atoms with van der Waals surface area (Å²) in [6.45, 7) is 3.90. The Labute approximate surface area is 88.5 Å². The van der Waals surface area contributed by atoms with E-state index >= 15 is 0 Å². The zero-order valence-electron chi connectivity index (χ0n) is 8.93. The molecular weight excluding hydrogens is 198 g/mol. The van der Waals surface area contributed by atoms with Crippen molar-refractivity contribution in [1.82, 2.24) is 5.32 Å². The lowest BCUT2D eigenvalue weighted by Crippen LogP contribution is -2.36. The molecule has 86 valence electrons. The summed E-state index contributed by atoms with van der Waals surface area (Å²) in [5.74, 6) is -2.02. The minimum atomic E-state index is -0.917. The maximum atomic E-state index is 11.4. The van der Waals surface area contributed by atoms with Crippen LogP contribution >= 0.6 is 0 Å². The van der Waals surface area contributed by atoms with Crippen molar-refractivity contribution in [2.45, 2.75) is 26.4 Å². The van der Waals surface area contributed by atoms with Gasteiger partial charge in [-0.2, -0.15) is 0 Å². The molecule has 1 saturated carbocycles. The molecule has 15 heavy (non-hydrogen) atoms. The van der Waals surface area contributed by atoms with Crippen molar-refractivity contribution in [3.05, 3.63) is 0 Å². The standard InChI is InChI=1S/C10H17NO4/c1-5(2)8(12)4-11-9(13)6-3-7(6)10(14)15/h5-8,12H,3-4H2,1-2H3,(H,11,13)(H,14,15). The van der Waals surface area contributed by atoms with Crippen molar-refractivity contribution in [1.29, 1.82) is 0 Å². The minimum absolute atomic E-state index is 0.0831. The number of nitrogens with one attached hydrogen (secondary N) is 1. The van der Waals surface area contributed by atoms with Crippen LogP contribution in [0.4, 0.5) is 0 Å². The molecule has 0 bridgehead atoms. The number of aliphatic hydroxyl groups excluding tert-OH is 1. The summed E-state index contributed by atoms with van der Waals surface area (Å²) >= 11 is 0. The molecule has 3 unspecified atom stereocenters. The van der Waals surface area contributed by atoms with Gasteiger partial charge in [-0.1, -0.05) is 13.8 Å². The summed E-state index contributed by atoms with van der Waals surface area (Å²) in [6, 6.07) is 0. The van der Waals surface area contributed by atoms with E-state index in [-0.39, 0.29) is 18.4 Å². The third-order valence-corrected chi connectivity index (χ3v) is 2.70. The van der Waals surface area contributed by atoms with E-state index in [4.69, 9.17) is 5.11 Å². The van der Waals surface area contributed by atoms with Gasteiger partial charge in [0.1, 0.15) is 0 Å². The van der Waals surface area contributed by atoms with Gasteiger partial charge in [0.25, 0.3) is 0 Å². The highest BCUT2D eigenvalue weighted by Gasteiger charge is 2.48. The van der Waals surface area contributed by atoms with Crippen molar-refractivity contribution in [2.24, 2.45) is 17.8 Å². The Bertz CT molecular complexity index is 264. The number of carboxylic acid groups (broad SMARTS) is 1. The minimum Gasteiger partial charge on any atom is -0.481 e. The van der Waals surface area contributed by atoms with Crippen LogP contribution in [-0.2, 0) is 9.59 Å². The van der Waals surface area contributed by atoms with E-state index in [1.807, 2.05) is 13.8 Å². The van der Waals surface area contributed by atoms with Crippen LogP contribution in [-0.4, -0.2) is 34.7 Å². The van der Waals surface area contributed by atoms with Gasteiger partial charge in [0.05, 0.1) is 17.9 Å². The van der Waals surface area contributed by atoms with E-state index in [0.29, 0.717) is 6.42 Å². The highest BCUT2D eigenvalue weighted by molar-refractivity contribution is 5.89. The molecule has 1 fully saturated rings. The lowest BCUT2D eigenvalue weighted by Gasteiger charge is -2.14. The lowest BCUT2D eigenvalue weighted by atomic mass is 10.1. The Morgan fingerprint density at radius 1 is 1.40 bits per heavy atom. The molecular formula is C10H17NO4. The summed E-state index contributed by atoms with van der Waals surface area (Å²) in [5.41, 5.74) is 0. The predicted molar refractivity (Wildman–Crippen MR) is 53.1 cm³/mol. The van der Waals surface area contributed by atoms with Crippen molar-refractivity contribution >= 4 is 11.9 Å². The van der Waals surface area contributed by atoms with Crippen molar-refractivity contribution in [3.63, 3.8) is 0 Å². The molecule has 3 N–H and O–H groups in total. The Hall–Kier alpha value is -1.10. The van der Waals surface area contributed by atoms with Gasteiger partial charge < -0.3 is 15.5 Å². The highest BCUT2D eigenvalue weighted by Crippen LogP contribution is 2.38. The number of aliphatic carboxylic acids is 1. The third kappa shape index (κ3) is 3.20. The molecule has 0 aliphatic heterocycles. The van der Waals surface area contributed by atoms with E-state index in [2.05, 4.69) is 5.32 Å². The molecule has 1 aliphatic rings. The quantitative estimate of drug-likeness (QED) is 0.594. The molecule has 1 rings (SSSR count). The van der Waals surface area contributed by atoms with Crippen LogP contribution in [0.25, 0.3) is 0 Å². The molecule has 5 nitrogen and oxygen atoms in total. The molecule has 1 aliphatic carbocycles. The van der Waals surface area contributed by atoms with E-state index in [9.17, 15) is 14.7 Å². The number of carbonyl (C=O) groups is 2. The zero-order valence-corrected chi connectivity index (χ0v) is 8.93. The van der Waals surface area contributed by atoms with Gasteiger partial charge in [-0.25, -0.2) is 0 Å². The first-order valence-electron chi connectivity index (χ1n) is 5.12. The molecule has 0 aromatic heterocycles. The van der Waals surface area contributed by atoms with Crippen LogP contribution in [0, 0.1) is 17.8 Å². The van der Waals surface area contributed by atoms with Gasteiger partial charge in [-0.15, -0.1) is 0 Å². The number of rotatable bonds is 5. The first-order valence-corrected chi connectivity index (χ1v) is 5.12. The van der Waals surface area contributed by atoms with Crippen LogP contribution in [0.1, 0.15) is 20.3 Å². The lowest BCUT2D eigenvalue weighted by molar-refractivity contribution is -0.140. The Balaban J connectivity index is 2.24. The van der Waals surface area contributed by atoms with Crippen LogP contribution in [0.5, 0.6) is 0 Å². The topological polar surface area (TPSA) is 86.6 Å². The fraction of sp³-hybridized carbons (Fsp3) is 0.800. The summed E-state index contributed by atoms with van der Waals surface area (Å²) in [4.78, 5) is 21.9. The number of carboxylic acids is 1. The number of carbonyl (C=O) groups excluding carboxylic acids is 1. The second-order valence-corrected chi connectivity index (χ2v) is 4.34. The fourth-order valence-corrected chi connectivity index (χ4v) is 1.33. The molecule has 3 atom stereocenters. The summed E-state index contributed by atoms with van der Waals surface area (Å²) in [6.07, 6.45) is -0.158. The Morgan fingerprint density at radius 2 is 2.00 bits per heavy atom. The predicted octanol–water partition coefficient (Wildman–Crippen LogP) is -0.160. The normalized spacial score (nSPS) is 26.1. The molecule has 0 radical (unpaired) electrons. The van der Waals surface area contributed by atoms with Gasteiger partial charge >= 0.3 is 5.97 Å². The monoisotopic (exact) mass is 215 g/mol. The van der Waals surface area contributed by atoms with Gasteiger partial charge in [-0.05, 0) is 12.3 Å². The van der Waals surface area contributed by atoms with Crippen LogP contribution in [0.3, 0.4) is 0 Å². The average molecular weight is 215 g/mol. The number of hydrogen-bond acceptors (Lipinski definition) is 3. The van der Waals surface area contributed by atoms with Gasteiger partial charge in [0, 0.05) is 6.54 Å². The number of aliphatic hydroxyl groups is 1. The largest absolute Gasteiger partial charge is 0.481 e. The van der Waals surface area contributed by atoms with Crippen molar-refractivity contribution in [3.8, 4) is 0 Å². The molecule has 0 spiro atoms. The molecule has 1 amide bonds. The maximum absolute atomic E-state index is 11.4. The Kier molecular flexibility index (Phi) is 3.68. The number of amides is 1. The second-order valence-electron chi connectivity index (χ2n) is 4.34. The van der Waals surface area contributed by atoms with E-state index in [0.717, 1.165) is 0 Å². The summed E-state index contributed by atoms with van der Waals surface area (Å²) in [7, 11) is 0. The van der Waals surface area contributed by atoms with Gasteiger partial charge in [0.15, 0.2) is 0 Å². The zero-order chi connectivity index (χ0) is 11.6. The molecule has 0 aromatic carbocycles. The highest BCUT2D eigenvalue weighted by atomic mass is 16.4. The summed E-state index contributed by atoms with van der Waals surface area (Å²) in [5, 5.41) is 20.6. The first kappa shape index (κ1) is 12.0. The first-order chi connectivity index (χ1) is 6.93. The average Bonchev–Trinajstić information content (AvgIpc) is 2.92. The number of hydrogen-bond donors (Lipinski definition) is 3. The molecule has 0 saturated heterocycles. The second kappa shape index (κ2) is 4.61. The van der Waals surface area contributed by atoms with Crippen LogP contribution in [0.15, 0.2) is 0 Å². The molecule has 0 heterocycles. The van der Waals surface area contributed by atoms with Crippen molar-refractivity contribution < 1.29 is 19.8 Å². The fourth-order valence-electron chi connectivity index (χ4n) is 1.33. The Morgan fingerprint density at radius 3 is 2.40 bits per heavy atom. The van der Waals surface area contributed by atoms with Crippen LogP contribution in [0.2, 0.25) is 0 Å². The van der Waals surface area contributed by atoms with Gasteiger partial charge in [-0.3, -0.25) is 9.59 Å². The smallest absolute Gasteiger partial charge is 0.307 e.